The maximum atomic E-state index is 11.3. The number of benzene rings is 2. The van der Waals surface area contributed by atoms with E-state index in [1.165, 1.54) is 12.8 Å². The summed E-state index contributed by atoms with van der Waals surface area (Å²) in [5, 5.41) is 2.54. The number of rotatable bonds is 7. The largest absolute Gasteiger partial charge is 0.453 e. The molecule has 0 radical (unpaired) electrons. The highest BCUT2D eigenvalue weighted by Crippen LogP contribution is 2.31. The maximum absolute atomic E-state index is 11.3. The molecule has 0 saturated heterocycles. The van der Waals surface area contributed by atoms with Crippen LogP contribution < -0.4 is 10.2 Å². The van der Waals surface area contributed by atoms with Crippen LogP contribution in [0.2, 0.25) is 0 Å². The minimum absolute atomic E-state index is 0.370. The number of aromatic nitrogens is 2. The second kappa shape index (κ2) is 8.99. The summed E-state index contributed by atoms with van der Waals surface area (Å²) < 4.78 is 4.59. The van der Waals surface area contributed by atoms with Gasteiger partial charge in [0.1, 0.15) is 0 Å². The molecule has 0 fully saturated rings. The van der Waals surface area contributed by atoms with Crippen molar-refractivity contribution in [3.05, 3.63) is 42.5 Å². The van der Waals surface area contributed by atoms with Crippen molar-refractivity contribution >= 4 is 40.5 Å². The molecular formula is C20H25N5O2S. The number of imidazole rings is 1. The van der Waals surface area contributed by atoms with E-state index in [4.69, 9.17) is 0 Å². The summed E-state index contributed by atoms with van der Waals surface area (Å²) in [6.45, 7) is 2.00. The highest BCUT2D eigenvalue weighted by Gasteiger charge is 2.08. The van der Waals surface area contributed by atoms with Crippen LogP contribution in [0.1, 0.15) is 0 Å². The van der Waals surface area contributed by atoms with Gasteiger partial charge in [-0.1, -0.05) is 11.8 Å². The molecule has 1 amide bonds. The molecule has 7 nitrogen and oxygen atoms in total. The topological polar surface area (TPSA) is 73.5 Å². The average molecular weight is 400 g/mol. The molecule has 1 aromatic heterocycles. The highest BCUT2D eigenvalue weighted by molar-refractivity contribution is 7.99. The molecule has 0 aliphatic carbocycles. The first-order chi connectivity index (χ1) is 13.4. The molecule has 0 saturated carbocycles. The first kappa shape index (κ1) is 20.0. The van der Waals surface area contributed by atoms with Crippen molar-refractivity contribution in [3.63, 3.8) is 0 Å². The third kappa shape index (κ3) is 5.17. The number of hydrogen-bond donors (Lipinski definition) is 2. The predicted molar refractivity (Wildman–Crippen MR) is 115 cm³/mol. The fraction of sp³-hybridized carbons (Fsp3) is 0.300. The van der Waals surface area contributed by atoms with Gasteiger partial charge in [-0.2, -0.15) is 0 Å². The number of hydrogen-bond acceptors (Lipinski definition) is 6. The maximum Gasteiger partial charge on any atom is 0.413 e. The standard InChI is InChI=1S/C20H25N5O2S/c1-24(2)11-12-25(3)14-5-7-15(8-6-14)28-16-9-10-17-18(13-16)22-19(21-17)23-20(26)27-4/h5-10,13H,11-12H2,1-4H3,(H2,21,22,23,26). The molecule has 1 heterocycles. The van der Waals surface area contributed by atoms with E-state index in [1.54, 1.807) is 11.8 Å². The van der Waals surface area contributed by atoms with Gasteiger partial charge in [0, 0.05) is 35.6 Å². The molecule has 0 aliphatic rings. The van der Waals surface area contributed by atoms with Crippen molar-refractivity contribution < 1.29 is 9.53 Å². The number of H-pyrrole nitrogens is 1. The first-order valence-corrected chi connectivity index (χ1v) is 9.75. The smallest absolute Gasteiger partial charge is 0.413 e. The molecule has 0 aliphatic heterocycles. The second-order valence-electron chi connectivity index (χ2n) is 6.70. The van der Waals surface area contributed by atoms with Gasteiger partial charge in [-0.3, -0.25) is 5.32 Å². The third-order valence-electron chi connectivity index (χ3n) is 4.26. The van der Waals surface area contributed by atoms with Gasteiger partial charge in [-0.15, -0.1) is 0 Å². The Morgan fingerprint density at radius 1 is 1.11 bits per heavy atom. The van der Waals surface area contributed by atoms with Crippen molar-refractivity contribution in [2.24, 2.45) is 0 Å². The van der Waals surface area contributed by atoms with Crippen molar-refractivity contribution in [1.29, 1.82) is 0 Å². The molecule has 148 valence electrons. The molecule has 0 unspecified atom stereocenters. The lowest BCUT2D eigenvalue weighted by atomic mass is 10.3. The quantitative estimate of drug-likeness (QED) is 0.628. The third-order valence-corrected chi connectivity index (χ3v) is 5.25. The fourth-order valence-corrected chi connectivity index (χ4v) is 3.49. The van der Waals surface area contributed by atoms with E-state index >= 15 is 0 Å². The minimum atomic E-state index is -0.552. The van der Waals surface area contributed by atoms with Crippen LogP contribution >= 0.6 is 11.8 Å². The van der Waals surface area contributed by atoms with Crippen LogP contribution in [0.5, 0.6) is 0 Å². The molecule has 2 aromatic carbocycles. The summed E-state index contributed by atoms with van der Waals surface area (Å²) in [6.07, 6.45) is -0.552. The van der Waals surface area contributed by atoms with Crippen LogP contribution in [-0.4, -0.2) is 62.3 Å². The number of fused-ring (bicyclic) bond motifs is 1. The van der Waals surface area contributed by atoms with E-state index in [0.29, 0.717) is 5.95 Å². The molecule has 8 heteroatoms. The first-order valence-electron chi connectivity index (χ1n) is 8.93. The molecule has 0 spiro atoms. The SMILES string of the molecule is COC(=O)Nc1nc2cc(Sc3ccc(N(C)CCN(C)C)cc3)ccc2[nH]1. The number of carbonyl (C=O) groups is 1. The monoisotopic (exact) mass is 399 g/mol. The number of carbonyl (C=O) groups excluding carboxylic acids is 1. The summed E-state index contributed by atoms with van der Waals surface area (Å²) in [7, 11) is 7.59. The van der Waals surface area contributed by atoms with Crippen LogP contribution in [0.15, 0.2) is 52.3 Å². The van der Waals surface area contributed by atoms with Gasteiger partial charge in [-0.25, -0.2) is 9.78 Å². The van der Waals surface area contributed by atoms with E-state index in [2.05, 4.69) is 75.2 Å². The van der Waals surface area contributed by atoms with Gasteiger partial charge in [0.05, 0.1) is 18.1 Å². The van der Waals surface area contributed by atoms with Crippen LogP contribution in [-0.2, 0) is 4.74 Å². The van der Waals surface area contributed by atoms with Crippen molar-refractivity contribution in [3.8, 4) is 0 Å². The van der Waals surface area contributed by atoms with Crippen molar-refractivity contribution in [1.82, 2.24) is 14.9 Å². The van der Waals surface area contributed by atoms with Crippen molar-refractivity contribution in [2.45, 2.75) is 9.79 Å². The summed E-state index contributed by atoms with van der Waals surface area (Å²) >= 11 is 1.68. The summed E-state index contributed by atoms with van der Waals surface area (Å²) in [4.78, 5) is 25.4. The van der Waals surface area contributed by atoms with E-state index in [-0.39, 0.29) is 0 Å². The van der Waals surface area contributed by atoms with Gasteiger partial charge in [-0.05, 0) is 56.6 Å². The number of likely N-dealkylation sites (N-methyl/N-ethyl adjacent to an activating group) is 2. The van der Waals surface area contributed by atoms with Gasteiger partial charge in [0.2, 0.25) is 5.95 Å². The van der Waals surface area contributed by atoms with E-state index in [0.717, 1.165) is 33.9 Å². The second-order valence-corrected chi connectivity index (χ2v) is 7.85. The zero-order valence-corrected chi connectivity index (χ0v) is 17.3. The Hall–Kier alpha value is -2.71. The highest BCUT2D eigenvalue weighted by atomic mass is 32.2. The van der Waals surface area contributed by atoms with Gasteiger partial charge in [0.25, 0.3) is 0 Å². The Balaban J connectivity index is 1.67. The number of aromatic amines is 1. The van der Waals surface area contributed by atoms with Crippen LogP contribution in [0.25, 0.3) is 11.0 Å². The lowest BCUT2D eigenvalue weighted by Crippen LogP contribution is -2.28. The molecule has 0 atom stereocenters. The Kier molecular flexibility index (Phi) is 6.43. The Morgan fingerprint density at radius 2 is 1.82 bits per heavy atom. The number of ether oxygens (including phenoxy) is 1. The Labute approximate surface area is 169 Å². The number of methoxy groups -OCH3 is 1. The van der Waals surface area contributed by atoms with Crippen molar-refractivity contribution in [2.75, 3.05) is 51.6 Å². The normalized spacial score (nSPS) is 11.0. The Morgan fingerprint density at radius 3 is 2.50 bits per heavy atom. The number of nitrogens with zero attached hydrogens (tertiary/aromatic N) is 3. The summed E-state index contributed by atoms with van der Waals surface area (Å²) in [5.41, 5.74) is 2.84. The number of amides is 1. The molecule has 0 bridgehead atoms. The molecule has 2 N–H and O–H groups in total. The van der Waals surface area contributed by atoms with Crippen LogP contribution in [0.4, 0.5) is 16.4 Å². The molecule has 28 heavy (non-hydrogen) atoms. The Bertz CT molecular complexity index is 939. The van der Waals surface area contributed by atoms with E-state index in [9.17, 15) is 4.79 Å². The molecular weight excluding hydrogens is 374 g/mol. The number of nitrogens with one attached hydrogen (secondary N) is 2. The lowest BCUT2D eigenvalue weighted by Gasteiger charge is -2.21. The minimum Gasteiger partial charge on any atom is -0.453 e. The average Bonchev–Trinajstić information content (AvgIpc) is 3.08. The van der Waals surface area contributed by atoms with Crippen LogP contribution in [0, 0.1) is 0 Å². The van der Waals surface area contributed by atoms with Crippen LogP contribution in [0.3, 0.4) is 0 Å². The summed E-state index contributed by atoms with van der Waals surface area (Å²) in [5.74, 6) is 0.370. The summed E-state index contributed by atoms with van der Waals surface area (Å²) in [6, 6.07) is 14.5. The zero-order valence-electron chi connectivity index (χ0n) is 16.5. The van der Waals surface area contributed by atoms with Gasteiger partial charge in [0.15, 0.2) is 0 Å². The predicted octanol–water partition coefficient (Wildman–Crippen LogP) is 3.89. The zero-order chi connectivity index (χ0) is 20.1. The number of anilines is 2. The van der Waals surface area contributed by atoms with Gasteiger partial charge >= 0.3 is 6.09 Å². The van der Waals surface area contributed by atoms with Gasteiger partial charge < -0.3 is 19.5 Å². The fourth-order valence-electron chi connectivity index (χ4n) is 2.64. The van der Waals surface area contributed by atoms with E-state index < -0.39 is 6.09 Å². The molecule has 3 rings (SSSR count). The van der Waals surface area contributed by atoms with E-state index in [1.807, 2.05) is 18.2 Å². The lowest BCUT2D eigenvalue weighted by molar-refractivity contribution is 0.186. The molecule has 3 aromatic rings.